The number of nitrogens with one attached hydrogen (secondary N) is 1. The molecule has 0 radical (unpaired) electrons. The maximum atomic E-state index is 6.37. The molecule has 0 spiro atoms. The number of hydrogen-bond acceptors (Lipinski definition) is 3. The van der Waals surface area contributed by atoms with Crippen molar-refractivity contribution in [1.82, 2.24) is 5.32 Å². The van der Waals surface area contributed by atoms with E-state index in [4.69, 9.17) is 32.7 Å². The summed E-state index contributed by atoms with van der Waals surface area (Å²) in [7, 11) is 1.59. The zero-order chi connectivity index (χ0) is 13.8. The first kappa shape index (κ1) is 14.9. The molecular formula is C14H19Cl2NO2. The van der Waals surface area contributed by atoms with Gasteiger partial charge in [-0.1, -0.05) is 30.1 Å². The van der Waals surface area contributed by atoms with Crippen molar-refractivity contribution in [3.8, 4) is 5.75 Å². The lowest BCUT2D eigenvalue weighted by atomic mass is 9.92. The topological polar surface area (TPSA) is 30.5 Å². The van der Waals surface area contributed by atoms with E-state index >= 15 is 0 Å². The van der Waals surface area contributed by atoms with Gasteiger partial charge in [-0.2, -0.15) is 0 Å². The highest BCUT2D eigenvalue weighted by atomic mass is 35.5. The first-order valence-corrected chi connectivity index (χ1v) is 7.27. The normalized spacial score (nSPS) is 20.5. The van der Waals surface area contributed by atoms with Crippen LogP contribution in [0.2, 0.25) is 10.0 Å². The summed E-state index contributed by atoms with van der Waals surface area (Å²) in [4.78, 5) is 0. The van der Waals surface area contributed by atoms with Crippen molar-refractivity contribution >= 4 is 23.2 Å². The molecule has 0 aromatic heterocycles. The van der Waals surface area contributed by atoms with Crippen molar-refractivity contribution in [2.45, 2.75) is 19.4 Å². The number of rotatable bonds is 5. The molecule has 1 heterocycles. The maximum Gasteiger partial charge on any atom is 0.138 e. The molecule has 19 heavy (non-hydrogen) atoms. The maximum absolute atomic E-state index is 6.37. The largest absolute Gasteiger partial charge is 0.495 e. The molecule has 2 unspecified atom stereocenters. The quantitative estimate of drug-likeness (QED) is 0.900. The second-order valence-electron chi connectivity index (χ2n) is 4.67. The fourth-order valence-corrected chi connectivity index (χ4v) is 3.03. The first-order valence-electron chi connectivity index (χ1n) is 6.51. The minimum Gasteiger partial charge on any atom is -0.495 e. The van der Waals surface area contributed by atoms with Crippen LogP contribution in [0.15, 0.2) is 12.1 Å². The predicted octanol–water partition coefficient (Wildman–Crippen LogP) is 3.69. The summed E-state index contributed by atoms with van der Waals surface area (Å²) >= 11 is 12.6. The van der Waals surface area contributed by atoms with Gasteiger partial charge >= 0.3 is 0 Å². The van der Waals surface area contributed by atoms with E-state index in [9.17, 15) is 0 Å². The standard InChI is InChI=1S/C14H19Cl2NO2/c1-3-17-14(9-4-5-19-8-9)10-6-12(16)13(18-2)7-11(10)15/h6-7,9,14,17H,3-5,8H2,1-2H3. The predicted molar refractivity (Wildman–Crippen MR) is 78.4 cm³/mol. The number of halogens is 2. The van der Waals surface area contributed by atoms with Crippen LogP contribution >= 0.6 is 23.2 Å². The molecule has 1 aliphatic heterocycles. The van der Waals surface area contributed by atoms with E-state index in [1.54, 1.807) is 13.2 Å². The SMILES string of the molecule is CCNC(c1cc(Cl)c(OC)cc1Cl)C1CCOC1. The smallest absolute Gasteiger partial charge is 0.138 e. The van der Waals surface area contributed by atoms with E-state index in [1.165, 1.54) is 0 Å². The molecule has 2 rings (SSSR count). The highest BCUT2D eigenvalue weighted by molar-refractivity contribution is 6.34. The first-order chi connectivity index (χ1) is 9.17. The summed E-state index contributed by atoms with van der Waals surface area (Å²) in [6.45, 7) is 4.54. The molecule has 1 aromatic rings. The van der Waals surface area contributed by atoms with Gasteiger partial charge < -0.3 is 14.8 Å². The van der Waals surface area contributed by atoms with Crippen molar-refractivity contribution in [1.29, 1.82) is 0 Å². The average Bonchev–Trinajstić information content (AvgIpc) is 2.92. The molecule has 1 aliphatic rings. The lowest BCUT2D eigenvalue weighted by Gasteiger charge is -2.25. The molecule has 0 amide bonds. The summed E-state index contributed by atoms with van der Waals surface area (Å²) < 4.78 is 10.7. The molecule has 106 valence electrons. The Hall–Kier alpha value is -0.480. The lowest BCUT2D eigenvalue weighted by molar-refractivity contribution is 0.177. The van der Waals surface area contributed by atoms with Gasteiger partial charge in [0.25, 0.3) is 0 Å². The molecule has 1 fully saturated rings. The fourth-order valence-electron chi connectivity index (χ4n) is 2.50. The van der Waals surface area contributed by atoms with E-state index in [1.807, 2.05) is 6.07 Å². The second-order valence-corrected chi connectivity index (χ2v) is 5.48. The van der Waals surface area contributed by atoms with Crippen molar-refractivity contribution in [2.24, 2.45) is 5.92 Å². The van der Waals surface area contributed by atoms with E-state index in [-0.39, 0.29) is 6.04 Å². The highest BCUT2D eigenvalue weighted by Gasteiger charge is 2.28. The molecule has 1 saturated heterocycles. The van der Waals surface area contributed by atoms with E-state index < -0.39 is 0 Å². The van der Waals surface area contributed by atoms with Gasteiger partial charge in [-0.05, 0) is 24.6 Å². The Kier molecular flexibility index (Phi) is 5.34. The Morgan fingerprint density at radius 1 is 1.42 bits per heavy atom. The Bertz CT molecular complexity index is 434. The third-order valence-corrected chi connectivity index (χ3v) is 4.09. The minimum atomic E-state index is 0.170. The monoisotopic (exact) mass is 303 g/mol. The van der Waals surface area contributed by atoms with Gasteiger partial charge in [-0.15, -0.1) is 0 Å². The Morgan fingerprint density at radius 3 is 2.79 bits per heavy atom. The van der Waals surface area contributed by atoms with Crippen LogP contribution < -0.4 is 10.1 Å². The van der Waals surface area contributed by atoms with Crippen LogP contribution in [0.25, 0.3) is 0 Å². The van der Waals surface area contributed by atoms with Crippen LogP contribution in [-0.4, -0.2) is 26.9 Å². The van der Waals surface area contributed by atoms with E-state index in [0.717, 1.165) is 31.7 Å². The van der Waals surface area contributed by atoms with Gasteiger partial charge in [-0.3, -0.25) is 0 Å². The summed E-state index contributed by atoms with van der Waals surface area (Å²) in [5.41, 5.74) is 1.02. The van der Waals surface area contributed by atoms with Gasteiger partial charge in [0.1, 0.15) is 5.75 Å². The lowest BCUT2D eigenvalue weighted by Crippen LogP contribution is -2.28. The molecule has 0 saturated carbocycles. The third kappa shape index (κ3) is 3.34. The van der Waals surface area contributed by atoms with Gasteiger partial charge in [0.15, 0.2) is 0 Å². The van der Waals surface area contributed by atoms with Crippen molar-refractivity contribution in [3.05, 3.63) is 27.7 Å². The molecule has 0 aliphatic carbocycles. The summed E-state index contributed by atoms with van der Waals surface area (Å²) in [6.07, 6.45) is 1.04. The van der Waals surface area contributed by atoms with Crippen molar-refractivity contribution in [3.63, 3.8) is 0 Å². The molecule has 0 bridgehead atoms. The zero-order valence-electron chi connectivity index (χ0n) is 11.2. The Morgan fingerprint density at radius 2 is 2.21 bits per heavy atom. The van der Waals surface area contributed by atoms with Crippen LogP contribution in [0, 0.1) is 5.92 Å². The van der Waals surface area contributed by atoms with Gasteiger partial charge in [-0.25, -0.2) is 0 Å². The number of hydrogen-bond donors (Lipinski definition) is 1. The van der Waals surface area contributed by atoms with E-state index in [2.05, 4.69) is 12.2 Å². The Balaban J connectivity index is 2.32. The van der Waals surface area contributed by atoms with Crippen LogP contribution in [0.1, 0.15) is 24.9 Å². The van der Waals surface area contributed by atoms with Crippen LogP contribution in [0.5, 0.6) is 5.75 Å². The minimum absolute atomic E-state index is 0.170. The average molecular weight is 304 g/mol. The van der Waals surface area contributed by atoms with Crippen molar-refractivity contribution in [2.75, 3.05) is 26.9 Å². The summed E-state index contributed by atoms with van der Waals surface area (Å²) in [6, 6.07) is 3.84. The number of benzene rings is 1. The third-order valence-electron chi connectivity index (χ3n) is 3.47. The van der Waals surface area contributed by atoms with Crippen LogP contribution in [0.4, 0.5) is 0 Å². The summed E-state index contributed by atoms with van der Waals surface area (Å²) in [5, 5.41) is 4.75. The summed E-state index contributed by atoms with van der Waals surface area (Å²) in [5.74, 6) is 1.04. The Labute approximate surface area is 124 Å². The number of methoxy groups -OCH3 is 1. The molecule has 3 nitrogen and oxygen atoms in total. The molecule has 2 atom stereocenters. The van der Waals surface area contributed by atoms with Crippen LogP contribution in [-0.2, 0) is 4.74 Å². The van der Waals surface area contributed by atoms with Gasteiger partial charge in [0, 0.05) is 29.7 Å². The zero-order valence-corrected chi connectivity index (χ0v) is 12.7. The highest BCUT2D eigenvalue weighted by Crippen LogP contribution is 2.38. The molecular weight excluding hydrogens is 285 g/mol. The van der Waals surface area contributed by atoms with Gasteiger partial charge in [0.05, 0.1) is 18.7 Å². The molecule has 1 N–H and O–H groups in total. The molecule has 5 heteroatoms. The van der Waals surface area contributed by atoms with Crippen LogP contribution in [0.3, 0.4) is 0 Å². The van der Waals surface area contributed by atoms with Gasteiger partial charge in [0.2, 0.25) is 0 Å². The van der Waals surface area contributed by atoms with Crippen molar-refractivity contribution < 1.29 is 9.47 Å². The van der Waals surface area contributed by atoms with E-state index in [0.29, 0.717) is 21.7 Å². The second kappa shape index (κ2) is 6.80. The fraction of sp³-hybridized carbons (Fsp3) is 0.571. The number of ether oxygens (including phenoxy) is 2. The molecule has 1 aromatic carbocycles.